The van der Waals surface area contributed by atoms with Crippen molar-refractivity contribution in [3.8, 4) is 5.75 Å². The summed E-state index contributed by atoms with van der Waals surface area (Å²) in [6.07, 6.45) is -0.797. The minimum atomic E-state index is -3.72. The Morgan fingerprint density at radius 3 is 2.55 bits per heavy atom. The van der Waals surface area contributed by atoms with Gasteiger partial charge in [0.2, 0.25) is 10.0 Å². The first-order valence-electron chi connectivity index (χ1n) is 10.2. The maximum absolute atomic E-state index is 12.9. The zero-order valence-electron chi connectivity index (χ0n) is 17.8. The van der Waals surface area contributed by atoms with Crippen LogP contribution in [0.4, 0.5) is 5.69 Å². The molecule has 1 aliphatic heterocycles. The highest BCUT2D eigenvalue weighted by molar-refractivity contribution is 7.89. The molecule has 0 fully saturated rings. The van der Waals surface area contributed by atoms with Gasteiger partial charge in [-0.2, -0.15) is 4.31 Å². The zero-order chi connectivity index (χ0) is 22.6. The first kappa shape index (κ1) is 22.8. The van der Waals surface area contributed by atoms with E-state index in [1.54, 1.807) is 45.0 Å². The number of fused-ring (bicyclic) bond motifs is 1. The van der Waals surface area contributed by atoms with E-state index in [9.17, 15) is 18.0 Å². The van der Waals surface area contributed by atoms with E-state index in [-0.39, 0.29) is 17.0 Å². The minimum Gasteiger partial charge on any atom is -0.492 e. The molecule has 2 aromatic carbocycles. The average molecular weight is 447 g/mol. The Morgan fingerprint density at radius 2 is 1.87 bits per heavy atom. The van der Waals surface area contributed by atoms with Crippen molar-refractivity contribution in [2.75, 3.05) is 25.0 Å². The van der Waals surface area contributed by atoms with E-state index in [1.165, 1.54) is 22.5 Å². The number of hydrogen-bond donors (Lipinski definition) is 1. The van der Waals surface area contributed by atoms with Gasteiger partial charge in [-0.1, -0.05) is 32.0 Å². The molecule has 8 nitrogen and oxygen atoms in total. The number of nitrogens with one attached hydrogen (secondary N) is 1. The largest absolute Gasteiger partial charge is 0.492 e. The molecule has 1 aliphatic rings. The number of esters is 1. The van der Waals surface area contributed by atoms with E-state index >= 15 is 0 Å². The molecule has 0 aromatic heterocycles. The van der Waals surface area contributed by atoms with E-state index < -0.39 is 28.0 Å². The molecule has 0 spiro atoms. The topological polar surface area (TPSA) is 102 Å². The van der Waals surface area contributed by atoms with Crippen molar-refractivity contribution in [1.29, 1.82) is 0 Å². The van der Waals surface area contributed by atoms with Crippen LogP contribution in [0.3, 0.4) is 0 Å². The van der Waals surface area contributed by atoms with Crippen LogP contribution in [0, 0.1) is 0 Å². The Hall–Kier alpha value is -2.91. The maximum Gasteiger partial charge on any atom is 0.339 e. The summed E-state index contributed by atoms with van der Waals surface area (Å²) in [5, 5.41) is 2.68. The summed E-state index contributed by atoms with van der Waals surface area (Å²) in [7, 11) is -3.72. The lowest BCUT2D eigenvalue weighted by atomic mass is 9.98. The van der Waals surface area contributed by atoms with Crippen molar-refractivity contribution >= 4 is 27.6 Å². The van der Waals surface area contributed by atoms with Crippen molar-refractivity contribution in [2.24, 2.45) is 0 Å². The van der Waals surface area contributed by atoms with Gasteiger partial charge in [-0.3, -0.25) is 4.79 Å². The Balaban J connectivity index is 1.89. The number of ether oxygens (including phenoxy) is 2. The molecular weight excluding hydrogens is 420 g/mol. The van der Waals surface area contributed by atoms with E-state index in [0.29, 0.717) is 31.0 Å². The van der Waals surface area contributed by atoms with Crippen molar-refractivity contribution < 1.29 is 27.5 Å². The second-order valence-corrected chi connectivity index (χ2v) is 8.86. The summed E-state index contributed by atoms with van der Waals surface area (Å²) >= 11 is 0. The molecule has 1 heterocycles. The van der Waals surface area contributed by atoms with E-state index in [4.69, 9.17) is 9.47 Å². The maximum atomic E-state index is 12.9. The van der Waals surface area contributed by atoms with Crippen LogP contribution in [-0.4, -0.2) is 50.4 Å². The number of cyclic esters (lactones) is 1. The van der Waals surface area contributed by atoms with Crippen LogP contribution in [0.25, 0.3) is 0 Å². The Bertz CT molecular complexity index is 1080. The van der Waals surface area contributed by atoms with Crippen molar-refractivity contribution in [1.82, 2.24) is 4.31 Å². The lowest BCUT2D eigenvalue weighted by Gasteiger charge is -2.24. The number of anilines is 1. The number of carbonyl (C=O) groups is 2. The highest BCUT2D eigenvalue weighted by atomic mass is 32.2. The fourth-order valence-corrected chi connectivity index (χ4v) is 4.94. The molecule has 9 heteroatoms. The van der Waals surface area contributed by atoms with Crippen LogP contribution in [0.2, 0.25) is 0 Å². The predicted octanol–water partition coefficient (Wildman–Crippen LogP) is 2.84. The van der Waals surface area contributed by atoms with Crippen molar-refractivity contribution in [3.05, 3.63) is 53.6 Å². The second kappa shape index (κ2) is 9.49. The quantitative estimate of drug-likeness (QED) is 0.626. The van der Waals surface area contributed by atoms with Gasteiger partial charge in [0, 0.05) is 19.5 Å². The fourth-order valence-electron chi connectivity index (χ4n) is 3.45. The van der Waals surface area contributed by atoms with Crippen molar-refractivity contribution in [3.63, 3.8) is 0 Å². The molecule has 1 unspecified atom stereocenters. The lowest BCUT2D eigenvalue weighted by molar-refractivity contribution is -0.125. The monoisotopic (exact) mass is 446 g/mol. The smallest absolute Gasteiger partial charge is 0.339 e. The van der Waals surface area contributed by atoms with Crippen LogP contribution in [0.1, 0.15) is 36.7 Å². The first-order valence-corrected chi connectivity index (χ1v) is 11.6. The molecule has 0 aliphatic carbocycles. The van der Waals surface area contributed by atoms with Gasteiger partial charge in [0.1, 0.15) is 5.75 Å². The highest BCUT2D eigenvalue weighted by Crippen LogP contribution is 2.30. The third kappa shape index (κ3) is 4.72. The number of sulfonamides is 1. The molecule has 0 radical (unpaired) electrons. The number of carbonyl (C=O) groups excluding carboxylic acids is 2. The molecule has 0 saturated carbocycles. The van der Waals surface area contributed by atoms with Gasteiger partial charge >= 0.3 is 5.97 Å². The zero-order valence-corrected chi connectivity index (χ0v) is 18.6. The average Bonchev–Trinajstić information content (AvgIpc) is 2.75. The minimum absolute atomic E-state index is 0.0425. The molecule has 0 bridgehead atoms. The number of hydrogen-bond acceptors (Lipinski definition) is 6. The summed E-state index contributed by atoms with van der Waals surface area (Å²) < 4.78 is 38.0. The predicted molar refractivity (Wildman–Crippen MR) is 116 cm³/mol. The van der Waals surface area contributed by atoms with Crippen LogP contribution < -0.4 is 10.1 Å². The van der Waals surface area contributed by atoms with Gasteiger partial charge in [-0.05, 0) is 36.8 Å². The summed E-state index contributed by atoms with van der Waals surface area (Å²) in [6, 6.07) is 11.3. The summed E-state index contributed by atoms with van der Waals surface area (Å²) in [4.78, 5) is 25.2. The van der Waals surface area contributed by atoms with Crippen LogP contribution >= 0.6 is 0 Å². The molecule has 1 amide bonds. The van der Waals surface area contributed by atoms with Gasteiger partial charge in [0.05, 0.1) is 22.8 Å². The normalized spacial score (nSPS) is 15.9. The van der Waals surface area contributed by atoms with E-state index in [2.05, 4.69) is 5.32 Å². The Kier molecular flexibility index (Phi) is 6.97. The van der Waals surface area contributed by atoms with Crippen LogP contribution in [0.15, 0.2) is 47.4 Å². The second-order valence-electron chi connectivity index (χ2n) is 6.92. The number of amides is 1. The molecule has 31 heavy (non-hydrogen) atoms. The fraction of sp³-hybridized carbons (Fsp3) is 0.364. The summed E-state index contributed by atoms with van der Waals surface area (Å²) in [5.74, 6) is -0.789. The van der Waals surface area contributed by atoms with Gasteiger partial charge in [0.15, 0.2) is 6.10 Å². The molecule has 1 atom stereocenters. The van der Waals surface area contributed by atoms with Crippen molar-refractivity contribution in [2.45, 2.75) is 38.2 Å². The summed E-state index contributed by atoms with van der Waals surface area (Å²) in [6.45, 7) is 6.28. The summed E-state index contributed by atoms with van der Waals surface area (Å²) in [5.41, 5.74) is 1.37. The van der Waals surface area contributed by atoms with Crippen LogP contribution in [0.5, 0.6) is 5.75 Å². The highest BCUT2D eigenvalue weighted by Gasteiger charge is 2.32. The SMILES string of the molecule is CCOc1ccc(S(=O)(=O)N(CC)CC)cc1NC(=O)C1Cc2ccccc2C(=O)O1. The third-order valence-electron chi connectivity index (χ3n) is 5.04. The molecule has 166 valence electrons. The number of rotatable bonds is 8. The lowest BCUT2D eigenvalue weighted by Crippen LogP contribution is -2.38. The number of nitrogens with zero attached hydrogens (tertiary/aromatic N) is 1. The molecule has 2 aromatic rings. The first-order chi connectivity index (χ1) is 14.8. The molecule has 3 rings (SSSR count). The van der Waals surface area contributed by atoms with Gasteiger partial charge in [-0.25, -0.2) is 13.2 Å². The standard InChI is InChI=1S/C22H26N2O6S/c1-4-24(5-2)31(27,28)16-11-12-19(29-6-3)18(14-16)23-21(25)20-13-15-9-7-8-10-17(15)22(26)30-20/h7-12,14,20H,4-6,13H2,1-3H3,(H,23,25). The number of benzene rings is 2. The molecule has 1 N–H and O–H groups in total. The Morgan fingerprint density at radius 1 is 1.16 bits per heavy atom. The van der Waals surface area contributed by atoms with Gasteiger partial charge in [-0.15, -0.1) is 0 Å². The van der Waals surface area contributed by atoms with E-state index in [1.807, 2.05) is 0 Å². The third-order valence-corrected chi connectivity index (χ3v) is 7.08. The van der Waals surface area contributed by atoms with Gasteiger partial charge < -0.3 is 14.8 Å². The Labute approximate surface area is 182 Å². The van der Waals surface area contributed by atoms with Gasteiger partial charge in [0.25, 0.3) is 5.91 Å². The molecule has 0 saturated heterocycles. The van der Waals surface area contributed by atoms with Crippen LogP contribution in [-0.2, 0) is 26.0 Å². The van der Waals surface area contributed by atoms with E-state index in [0.717, 1.165) is 5.56 Å². The molecular formula is C22H26N2O6S.